The maximum Gasteiger partial charge on any atom is 0.306 e. The highest BCUT2D eigenvalue weighted by Gasteiger charge is 2.02. The molecule has 0 spiro atoms. The van der Waals surface area contributed by atoms with Crippen LogP contribution in [0.5, 0.6) is 0 Å². The predicted octanol–water partition coefficient (Wildman–Crippen LogP) is 3.71. The second-order valence-electron chi connectivity index (χ2n) is 4.30. The number of carbonyl (C=O) groups excluding carboxylic acids is 1. The fourth-order valence-electron chi connectivity index (χ4n) is 1.14. The molecule has 0 heterocycles. The second kappa shape index (κ2) is 8.51. The average Bonchev–Trinajstić information content (AvgIpc) is 2.15. The van der Waals surface area contributed by atoms with E-state index in [1.807, 2.05) is 13.8 Å². The van der Waals surface area contributed by atoms with E-state index in [4.69, 9.17) is 4.74 Å². The third kappa shape index (κ3) is 9.51. The van der Waals surface area contributed by atoms with Crippen molar-refractivity contribution in [3.63, 3.8) is 0 Å². The van der Waals surface area contributed by atoms with Crippen molar-refractivity contribution in [2.75, 3.05) is 0 Å². The molecule has 0 aliphatic rings. The molecule has 0 aromatic heterocycles. The van der Waals surface area contributed by atoms with Gasteiger partial charge in [0, 0.05) is 6.42 Å². The van der Waals surface area contributed by atoms with Crippen molar-refractivity contribution >= 4 is 5.97 Å². The Bertz CT molecular complexity index is 195. The van der Waals surface area contributed by atoms with Gasteiger partial charge in [-0.25, -0.2) is 0 Å². The summed E-state index contributed by atoms with van der Waals surface area (Å²) in [7, 11) is 0. The lowest BCUT2D eigenvalue weighted by atomic mass is 10.0. The van der Waals surface area contributed by atoms with Crippen LogP contribution in [0.2, 0.25) is 0 Å². The Kier molecular flexibility index (Phi) is 8.06. The number of carbonyl (C=O) groups is 1. The second-order valence-corrected chi connectivity index (χ2v) is 4.30. The molecule has 0 N–H and O–H groups in total. The lowest BCUT2D eigenvalue weighted by molar-refractivity contribution is -0.147. The molecule has 0 bridgehead atoms. The number of esters is 1. The number of ether oxygens (including phenoxy) is 1. The summed E-state index contributed by atoms with van der Waals surface area (Å²) in [4.78, 5) is 11.2. The first kappa shape index (κ1) is 14.2. The first-order valence-corrected chi connectivity index (χ1v) is 5.90. The summed E-state index contributed by atoms with van der Waals surface area (Å²) in [6.07, 6.45) is 7.85. The van der Waals surface area contributed by atoms with Crippen LogP contribution in [0.4, 0.5) is 0 Å². The van der Waals surface area contributed by atoms with Crippen LogP contribution in [0.3, 0.4) is 0 Å². The van der Waals surface area contributed by atoms with Crippen LogP contribution in [-0.2, 0) is 9.53 Å². The van der Waals surface area contributed by atoms with Gasteiger partial charge in [-0.15, -0.1) is 0 Å². The summed E-state index contributed by atoms with van der Waals surface area (Å²) in [5.74, 6) is 0.641. The molecule has 1 atom stereocenters. The topological polar surface area (TPSA) is 26.3 Å². The Hall–Kier alpha value is -0.790. The van der Waals surface area contributed by atoms with Gasteiger partial charge < -0.3 is 4.74 Å². The molecule has 0 aromatic rings. The molecule has 2 heteroatoms. The third-order valence-electron chi connectivity index (χ3n) is 2.28. The van der Waals surface area contributed by atoms with Crippen molar-refractivity contribution < 1.29 is 9.53 Å². The Balaban J connectivity index is 3.48. The van der Waals surface area contributed by atoms with Gasteiger partial charge in [-0.1, -0.05) is 32.4 Å². The quantitative estimate of drug-likeness (QED) is 0.475. The smallest absolute Gasteiger partial charge is 0.306 e. The van der Waals surface area contributed by atoms with Crippen molar-refractivity contribution in [1.82, 2.24) is 0 Å². The maximum atomic E-state index is 11.2. The summed E-state index contributed by atoms with van der Waals surface area (Å²) < 4.78 is 5.03. The van der Waals surface area contributed by atoms with E-state index in [9.17, 15) is 4.79 Å². The summed E-state index contributed by atoms with van der Waals surface area (Å²) in [6.45, 7) is 8.17. The highest BCUT2D eigenvalue weighted by atomic mass is 16.5. The van der Waals surface area contributed by atoms with E-state index in [1.165, 1.54) is 6.42 Å². The monoisotopic (exact) mass is 212 g/mol. The first-order chi connectivity index (χ1) is 7.06. The van der Waals surface area contributed by atoms with Crippen LogP contribution in [0.15, 0.2) is 12.2 Å². The van der Waals surface area contributed by atoms with Crippen molar-refractivity contribution in [2.24, 2.45) is 5.92 Å². The molecule has 88 valence electrons. The highest BCUT2D eigenvalue weighted by molar-refractivity contribution is 5.69. The van der Waals surface area contributed by atoms with E-state index in [-0.39, 0.29) is 12.1 Å². The van der Waals surface area contributed by atoms with Gasteiger partial charge in [0.2, 0.25) is 0 Å². The van der Waals surface area contributed by atoms with Crippen LogP contribution in [0.1, 0.15) is 53.4 Å². The van der Waals surface area contributed by atoms with E-state index >= 15 is 0 Å². The average molecular weight is 212 g/mol. The van der Waals surface area contributed by atoms with Crippen LogP contribution in [0.25, 0.3) is 0 Å². The Morgan fingerprint density at radius 2 is 1.93 bits per heavy atom. The van der Waals surface area contributed by atoms with Crippen molar-refractivity contribution in [3.8, 4) is 0 Å². The minimum Gasteiger partial charge on any atom is -0.463 e. The molecule has 0 amide bonds. The van der Waals surface area contributed by atoms with E-state index < -0.39 is 0 Å². The maximum absolute atomic E-state index is 11.2. The fourth-order valence-corrected chi connectivity index (χ4v) is 1.14. The molecule has 0 aromatic carbocycles. The molecule has 0 rings (SSSR count). The molecule has 15 heavy (non-hydrogen) atoms. The SMILES string of the molecule is CCC(C)CC=CCCC(=O)OC(C)C. The Morgan fingerprint density at radius 1 is 1.27 bits per heavy atom. The van der Waals surface area contributed by atoms with E-state index in [1.54, 1.807) is 0 Å². The molecule has 0 saturated heterocycles. The molecular formula is C13H24O2. The van der Waals surface area contributed by atoms with Crippen molar-refractivity contribution in [2.45, 2.75) is 59.5 Å². The van der Waals surface area contributed by atoms with E-state index in [0.717, 1.165) is 18.8 Å². The zero-order chi connectivity index (χ0) is 11.7. The van der Waals surface area contributed by atoms with E-state index in [0.29, 0.717) is 6.42 Å². The molecule has 0 fully saturated rings. The van der Waals surface area contributed by atoms with Crippen LogP contribution < -0.4 is 0 Å². The van der Waals surface area contributed by atoms with Crippen molar-refractivity contribution in [1.29, 1.82) is 0 Å². The minimum atomic E-state index is -0.0989. The number of rotatable bonds is 7. The molecular weight excluding hydrogens is 188 g/mol. The van der Waals surface area contributed by atoms with E-state index in [2.05, 4.69) is 26.0 Å². The third-order valence-corrected chi connectivity index (χ3v) is 2.28. The number of hydrogen-bond donors (Lipinski definition) is 0. The van der Waals surface area contributed by atoms with Gasteiger partial charge in [-0.3, -0.25) is 4.79 Å². The summed E-state index contributed by atoms with van der Waals surface area (Å²) in [5.41, 5.74) is 0. The lowest BCUT2D eigenvalue weighted by Crippen LogP contribution is -2.10. The zero-order valence-electron chi connectivity index (χ0n) is 10.5. The molecule has 1 unspecified atom stereocenters. The highest BCUT2D eigenvalue weighted by Crippen LogP contribution is 2.07. The van der Waals surface area contributed by atoms with Gasteiger partial charge >= 0.3 is 5.97 Å². The summed E-state index contributed by atoms with van der Waals surface area (Å²) >= 11 is 0. The largest absolute Gasteiger partial charge is 0.463 e. The molecule has 2 nitrogen and oxygen atoms in total. The van der Waals surface area contributed by atoms with Crippen LogP contribution in [-0.4, -0.2) is 12.1 Å². The standard InChI is InChI=1S/C13H24O2/c1-5-12(4)9-7-6-8-10-13(14)15-11(2)3/h6-7,11-12H,5,8-10H2,1-4H3. The summed E-state index contributed by atoms with van der Waals surface area (Å²) in [6, 6.07) is 0. The minimum absolute atomic E-state index is 0.00148. The van der Waals surface area contributed by atoms with Gasteiger partial charge in [-0.2, -0.15) is 0 Å². The first-order valence-electron chi connectivity index (χ1n) is 5.90. The fraction of sp³-hybridized carbons (Fsp3) is 0.769. The predicted molar refractivity (Wildman–Crippen MR) is 63.7 cm³/mol. The van der Waals surface area contributed by atoms with Gasteiger partial charge in [-0.05, 0) is 32.6 Å². The Labute approximate surface area is 93.7 Å². The molecule has 0 aliphatic carbocycles. The van der Waals surface area contributed by atoms with Gasteiger partial charge in [0.05, 0.1) is 6.10 Å². The van der Waals surface area contributed by atoms with Gasteiger partial charge in [0.1, 0.15) is 0 Å². The van der Waals surface area contributed by atoms with Crippen molar-refractivity contribution in [3.05, 3.63) is 12.2 Å². The van der Waals surface area contributed by atoms with Gasteiger partial charge in [0.25, 0.3) is 0 Å². The van der Waals surface area contributed by atoms with Crippen LogP contribution >= 0.6 is 0 Å². The molecule has 0 radical (unpaired) electrons. The Morgan fingerprint density at radius 3 is 2.47 bits per heavy atom. The number of hydrogen-bond acceptors (Lipinski definition) is 2. The molecule has 0 aliphatic heterocycles. The normalized spacial score (nSPS) is 13.4. The number of allylic oxidation sites excluding steroid dienone is 2. The van der Waals surface area contributed by atoms with Crippen LogP contribution in [0, 0.1) is 5.92 Å². The lowest BCUT2D eigenvalue weighted by Gasteiger charge is -2.06. The molecule has 0 saturated carbocycles. The van der Waals surface area contributed by atoms with Gasteiger partial charge in [0.15, 0.2) is 0 Å². The zero-order valence-corrected chi connectivity index (χ0v) is 10.5. The summed E-state index contributed by atoms with van der Waals surface area (Å²) in [5, 5.41) is 0.